The van der Waals surface area contributed by atoms with E-state index in [1.807, 2.05) is 36.4 Å². The van der Waals surface area contributed by atoms with Crippen LogP contribution in [0.15, 0.2) is 72.8 Å². The third kappa shape index (κ3) is 10.6. The fourth-order valence-corrected chi connectivity index (χ4v) is 4.79. The van der Waals surface area contributed by atoms with Crippen molar-refractivity contribution in [1.82, 2.24) is 0 Å². The van der Waals surface area contributed by atoms with E-state index in [1.165, 1.54) is 62.5 Å². The van der Waals surface area contributed by atoms with Crippen molar-refractivity contribution in [2.75, 3.05) is 5.32 Å². The summed E-state index contributed by atoms with van der Waals surface area (Å²) in [6, 6.07) is 23.9. The summed E-state index contributed by atoms with van der Waals surface area (Å²) >= 11 is 0. The van der Waals surface area contributed by atoms with Crippen LogP contribution in [0.1, 0.15) is 106 Å². The summed E-state index contributed by atoms with van der Waals surface area (Å²) in [7, 11) is 0. The van der Waals surface area contributed by atoms with Crippen LogP contribution in [0.5, 0.6) is 0 Å². The van der Waals surface area contributed by atoms with Crippen molar-refractivity contribution in [3.05, 3.63) is 89.5 Å². The number of benzene rings is 3. The molecule has 0 aromatic heterocycles. The van der Waals surface area contributed by atoms with E-state index in [2.05, 4.69) is 43.4 Å². The third-order valence-electron chi connectivity index (χ3n) is 7.42. The minimum Gasteiger partial charge on any atom is -0.449 e. The quantitative estimate of drug-likeness (QED) is 0.137. The van der Waals surface area contributed by atoms with E-state index in [0.29, 0.717) is 11.3 Å². The maximum absolute atomic E-state index is 12.7. The Kier molecular flexibility index (Phi) is 13.5. The predicted octanol–water partition coefficient (Wildman–Crippen LogP) is 9.56. The molecule has 3 aromatic carbocycles. The number of hydrogen-bond donors (Lipinski definition) is 1. The molecule has 0 aliphatic carbocycles. The number of esters is 1. The number of amides is 1. The van der Waals surface area contributed by atoms with Crippen molar-refractivity contribution < 1.29 is 14.3 Å². The molecule has 0 aliphatic rings. The van der Waals surface area contributed by atoms with E-state index < -0.39 is 12.1 Å². The van der Waals surface area contributed by atoms with Gasteiger partial charge in [-0.15, -0.1) is 0 Å². The number of hydrogen-bond acceptors (Lipinski definition) is 3. The number of ether oxygens (including phenoxy) is 1. The Morgan fingerprint density at radius 3 is 1.68 bits per heavy atom. The van der Waals surface area contributed by atoms with Crippen molar-refractivity contribution in [2.24, 2.45) is 0 Å². The maximum atomic E-state index is 12.7. The van der Waals surface area contributed by atoms with Crippen LogP contribution in [0.3, 0.4) is 0 Å². The molecule has 4 heteroatoms. The predicted molar refractivity (Wildman–Crippen MR) is 167 cm³/mol. The van der Waals surface area contributed by atoms with E-state index in [0.717, 1.165) is 36.8 Å². The molecule has 1 atom stereocenters. The number of aryl methyl sites for hydroxylation is 2. The third-order valence-corrected chi connectivity index (χ3v) is 7.42. The minimum absolute atomic E-state index is 0.349. The minimum atomic E-state index is -0.902. The van der Waals surface area contributed by atoms with Crippen molar-refractivity contribution in [2.45, 2.75) is 104 Å². The molecule has 0 spiro atoms. The van der Waals surface area contributed by atoms with Crippen LogP contribution in [0.4, 0.5) is 5.69 Å². The summed E-state index contributed by atoms with van der Waals surface area (Å²) in [5, 5.41) is 2.83. The Bertz CT molecular complexity index is 1150. The van der Waals surface area contributed by atoms with Crippen molar-refractivity contribution in [3.63, 3.8) is 0 Å². The smallest absolute Gasteiger partial charge is 0.338 e. The van der Waals surface area contributed by atoms with Gasteiger partial charge in [-0.1, -0.05) is 114 Å². The highest BCUT2D eigenvalue weighted by atomic mass is 16.5. The normalized spacial score (nSPS) is 11.7. The number of rotatable bonds is 17. The molecule has 3 aromatic rings. The van der Waals surface area contributed by atoms with Gasteiger partial charge in [0.25, 0.3) is 5.91 Å². The summed E-state index contributed by atoms with van der Waals surface area (Å²) in [6.07, 6.45) is 14.2. The molecule has 0 aliphatic heterocycles. The van der Waals surface area contributed by atoms with Crippen molar-refractivity contribution >= 4 is 17.6 Å². The lowest BCUT2D eigenvalue weighted by Gasteiger charge is -2.14. The lowest BCUT2D eigenvalue weighted by Crippen LogP contribution is -2.30. The van der Waals surface area contributed by atoms with Gasteiger partial charge in [-0.25, -0.2) is 4.79 Å². The van der Waals surface area contributed by atoms with Crippen LogP contribution in [0.2, 0.25) is 0 Å². The summed E-state index contributed by atoms with van der Waals surface area (Å²) < 4.78 is 5.44. The summed E-state index contributed by atoms with van der Waals surface area (Å²) in [6.45, 7) is 6.02. The first-order valence-electron chi connectivity index (χ1n) is 15.3. The van der Waals surface area contributed by atoms with Gasteiger partial charge in [0.1, 0.15) is 0 Å². The molecule has 0 bridgehead atoms. The Balaban J connectivity index is 1.42. The van der Waals surface area contributed by atoms with Crippen LogP contribution in [0.25, 0.3) is 11.1 Å². The molecule has 0 saturated carbocycles. The highest BCUT2D eigenvalue weighted by Crippen LogP contribution is 2.22. The van der Waals surface area contributed by atoms with Gasteiger partial charge in [0.05, 0.1) is 5.56 Å². The topological polar surface area (TPSA) is 55.4 Å². The molecular formula is C36H47NO3. The molecule has 214 valence electrons. The summed E-state index contributed by atoms with van der Waals surface area (Å²) in [4.78, 5) is 25.2. The Labute approximate surface area is 241 Å². The van der Waals surface area contributed by atoms with Crippen LogP contribution in [-0.2, 0) is 22.4 Å². The number of unbranched alkanes of at least 4 members (excludes halogenated alkanes) is 8. The van der Waals surface area contributed by atoms with E-state index in [4.69, 9.17) is 4.74 Å². The van der Waals surface area contributed by atoms with Gasteiger partial charge in [0.2, 0.25) is 0 Å². The van der Waals surface area contributed by atoms with Gasteiger partial charge in [-0.05, 0) is 79.1 Å². The largest absolute Gasteiger partial charge is 0.449 e. The highest BCUT2D eigenvalue weighted by molar-refractivity contribution is 5.97. The molecule has 1 unspecified atom stereocenters. The molecule has 4 nitrogen and oxygen atoms in total. The van der Waals surface area contributed by atoms with E-state index in [1.54, 1.807) is 19.1 Å². The zero-order valence-electron chi connectivity index (χ0n) is 24.7. The number of anilines is 1. The monoisotopic (exact) mass is 541 g/mol. The average Bonchev–Trinajstić information content (AvgIpc) is 2.98. The molecule has 0 fully saturated rings. The summed E-state index contributed by atoms with van der Waals surface area (Å²) in [5.74, 6) is -0.858. The zero-order chi connectivity index (χ0) is 28.6. The van der Waals surface area contributed by atoms with Gasteiger partial charge in [-0.3, -0.25) is 4.79 Å². The number of nitrogens with one attached hydrogen (secondary N) is 1. The van der Waals surface area contributed by atoms with E-state index in [-0.39, 0.29) is 5.91 Å². The molecule has 3 rings (SSSR count). The first kappa shape index (κ1) is 31.1. The van der Waals surface area contributed by atoms with Gasteiger partial charge in [0, 0.05) is 5.69 Å². The number of carbonyl (C=O) groups excluding carboxylic acids is 2. The van der Waals surface area contributed by atoms with Gasteiger partial charge in [0.15, 0.2) is 6.10 Å². The second-order valence-electron chi connectivity index (χ2n) is 10.8. The lowest BCUT2D eigenvalue weighted by atomic mass is 10.00. The van der Waals surface area contributed by atoms with E-state index >= 15 is 0 Å². The van der Waals surface area contributed by atoms with Gasteiger partial charge in [-0.2, -0.15) is 0 Å². The van der Waals surface area contributed by atoms with Crippen molar-refractivity contribution in [3.8, 4) is 11.1 Å². The molecule has 0 saturated heterocycles. The Hall–Kier alpha value is -3.40. The van der Waals surface area contributed by atoms with Gasteiger partial charge >= 0.3 is 5.97 Å². The van der Waals surface area contributed by atoms with Crippen molar-refractivity contribution in [1.29, 1.82) is 0 Å². The van der Waals surface area contributed by atoms with Crippen LogP contribution in [-0.4, -0.2) is 18.0 Å². The lowest BCUT2D eigenvalue weighted by molar-refractivity contribution is -0.123. The fraction of sp³-hybridized carbons (Fsp3) is 0.444. The SMILES string of the molecule is CCCCCCCCCCc1ccc(-c2ccc(C(=O)OC(C)C(=O)Nc3ccc(CCCC)cc3)cc2)cc1. The van der Waals surface area contributed by atoms with Crippen LogP contribution in [0, 0.1) is 0 Å². The van der Waals surface area contributed by atoms with E-state index in [9.17, 15) is 9.59 Å². The first-order chi connectivity index (χ1) is 19.5. The average molecular weight is 542 g/mol. The molecule has 1 amide bonds. The Morgan fingerprint density at radius 2 is 1.10 bits per heavy atom. The molecule has 0 radical (unpaired) electrons. The zero-order valence-corrected chi connectivity index (χ0v) is 24.7. The van der Waals surface area contributed by atoms with Crippen LogP contribution >= 0.6 is 0 Å². The molecular weight excluding hydrogens is 494 g/mol. The first-order valence-corrected chi connectivity index (χ1v) is 15.3. The number of carbonyl (C=O) groups is 2. The molecule has 40 heavy (non-hydrogen) atoms. The second kappa shape index (κ2) is 17.3. The molecule has 0 heterocycles. The Morgan fingerprint density at radius 1 is 0.625 bits per heavy atom. The highest BCUT2D eigenvalue weighted by Gasteiger charge is 2.19. The van der Waals surface area contributed by atoms with Crippen LogP contribution < -0.4 is 5.32 Å². The second-order valence-corrected chi connectivity index (χ2v) is 10.8. The van der Waals surface area contributed by atoms with Gasteiger partial charge < -0.3 is 10.1 Å². The maximum Gasteiger partial charge on any atom is 0.338 e. The fourth-order valence-electron chi connectivity index (χ4n) is 4.79. The summed E-state index contributed by atoms with van der Waals surface area (Å²) in [5.41, 5.74) is 5.90. The standard InChI is InChI=1S/C36H47NO3/c1-4-6-8-9-10-11-12-13-15-30-16-20-31(21-17-30)32-22-24-33(25-23-32)36(39)40-28(3)35(38)37-34-26-18-29(19-27-34)14-7-5-2/h16-28H,4-15H2,1-3H3,(H,37,38). The molecule has 1 N–H and O–H groups in total.